The standard InChI is InChI=1S/C18H30N6O/c1-2-23-11-7-15(8-12-23)21-18(25)14-19-13-16-5-4-10-24(16)17-6-3-9-20-22-17/h3,6,9,15-16,19H,2,4-5,7-8,10-14H2,1H3,(H,21,25). The number of rotatable bonds is 7. The Morgan fingerprint density at radius 3 is 2.84 bits per heavy atom. The summed E-state index contributed by atoms with van der Waals surface area (Å²) < 4.78 is 0. The summed E-state index contributed by atoms with van der Waals surface area (Å²) in [6, 6.07) is 4.64. The molecular weight excluding hydrogens is 316 g/mol. The van der Waals surface area contributed by atoms with E-state index in [2.05, 4.69) is 37.6 Å². The minimum absolute atomic E-state index is 0.110. The fourth-order valence-electron chi connectivity index (χ4n) is 3.82. The molecule has 0 bridgehead atoms. The number of nitrogens with one attached hydrogen (secondary N) is 2. The molecule has 2 aliphatic heterocycles. The SMILES string of the molecule is CCN1CCC(NC(=O)CNCC2CCCN2c2cccnn2)CC1. The first-order valence-electron chi connectivity index (χ1n) is 9.53. The highest BCUT2D eigenvalue weighted by Crippen LogP contribution is 2.22. The van der Waals surface area contributed by atoms with Crippen LogP contribution in [0.1, 0.15) is 32.6 Å². The molecule has 0 spiro atoms. The van der Waals surface area contributed by atoms with Gasteiger partial charge in [0.05, 0.1) is 6.54 Å². The average Bonchev–Trinajstić information content (AvgIpc) is 3.11. The number of hydrogen-bond donors (Lipinski definition) is 2. The van der Waals surface area contributed by atoms with Gasteiger partial charge >= 0.3 is 0 Å². The topological polar surface area (TPSA) is 73.4 Å². The summed E-state index contributed by atoms with van der Waals surface area (Å²) in [7, 11) is 0. The van der Waals surface area contributed by atoms with Crippen molar-refractivity contribution in [2.45, 2.75) is 44.7 Å². The average molecular weight is 346 g/mol. The van der Waals surface area contributed by atoms with Crippen LogP contribution < -0.4 is 15.5 Å². The van der Waals surface area contributed by atoms with Gasteiger partial charge in [-0.3, -0.25) is 4.79 Å². The monoisotopic (exact) mass is 346 g/mol. The zero-order chi connectivity index (χ0) is 17.5. The highest BCUT2D eigenvalue weighted by atomic mass is 16.2. The molecule has 1 aromatic heterocycles. The van der Waals surface area contributed by atoms with Gasteiger partial charge in [-0.2, -0.15) is 5.10 Å². The van der Waals surface area contributed by atoms with E-state index in [1.54, 1.807) is 6.20 Å². The number of anilines is 1. The zero-order valence-corrected chi connectivity index (χ0v) is 15.2. The van der Waals surface area contributed by atoms with E-state index < -0.39 is 0 Å². The largest absolute Gasteiger partial charge is 0.352 e. The number of carbonyl (C=O) groups is 1. The predicted molar refractivity (Wildman–Crippen MR) is 98.5 cm³/mol. The Balaban J connectivity index is 1.37. The van der Waals surface area contributed by atoms with E-state index in [0.717, 1.165) is 64.2 Å². The molecule has 0 saturated carbocycles. The summed E-state index contributed by atoms with van der Waals surface area (Å²) in [4.78, 5) is 16.9. The molecule has 1 amide bonds. The number of piperidine rings is 1. The summed E-state index contributed by atoms with van der Waals surface area (Å²) in [5.74, 6) is 1.04. The molecule has 2 N–H and O–H groups in total. The van der Waals surface area contributed by atoms with Crippen molar-refractivity contribution in [2.75, 3.05) is 44.2 Å². The van der Waals surface area contributed by atoms with Crippen LogP contribution in [0.15, 0.2) is 18.3 Å². The van der Waals surface area contributed by atoms with Gasteiger partial charge in [0, 0.05) is 44.5 Å². The number of aromatic nitrogens is 2. The molecule has 3 heterocycles. The van der Waals surface area contributed by atoms with Gasteiger partial charge < -0.3 is 20.4 Å². The Kier molecular flexibility index (Phi) is 6.58. The number of hydrogen-bond acceptors (Lipinski definition) is 6. The van der Waals surface area contributed by atoms with Crippen molar-refractivity contribution in [1.29, 1.82) is 0 Å². The van der Waals surface area contributed by atoms with Crippen molar-refractivity contribution >= 4 is 11.7 Å². The third-order valence-electron chi connectivity index (χ3n) is 5.30. The number of amides is 1. The molecule has 1 unspecified atom stereocenters. The molecule has 1 aromatic rings. The number of carbonyl (C=O) groups excluding carboxylic acids is 1. The van der Waals surface area contributed by atoms with Crippen LogP contribution in [0.3, 0.4) is 0 Å². The molecule has 1 atom stereocenters. The summed E-state index contributed by atoms with van der Waals surface area (Å²) >= 11 is 0. The zero-order valence-electron chi connectivity index (χ0n) is 15.2. The fraction of sp³-hybridized carbons (Fsp3) is 0.722. The van der Waals surface area contributed by atoms with E-state index in [1.165, 1.54) is 0 Å². The number of likely N-dealkylation sites (tertiary alicyclic amines) is 1. The molecule has 3 rings (SSSR count). The lowest BCUT2D eigenvalue weighted by Gasteiger charge is -2.31. The molecule has 25 heavy (non-hydrogen) atoms. The third-order valence-corrected chi connectivity index (χ3v) is 5.30. The maximum Gasteiger partial charge on any atom is 0.234 e. The molecule has 2 aliphatic rings. The highest BCUT2D eigenvalue weighted by Gasteiger charge is 2.26. The first-order chi connectivity index (χ1) is 12.3. The van der Waals surface area contributed by atoms with E-state index in [4.69, 9.17) is 0 Å². The quantitative estimate of drug-likeness (QED) is 0.755. The Labute approximate surface area is 150 Å². The van der Waals surface area contributed by atoms with Crippen LogP contribution in [0.2, 0.25) is 0 Å². The van der Waals surface area contributed by atoms with Crippen molar-refractivity contribution in [3.8, 4) is 0 Å². The van der Waals surface area contributed by atoms with Crippen LogP contribution in [-0.4, -0.2) is 72.4 Å². The lowest BCUT2D eigenvalue weighted by molar-refractivity contribution is -0.121. The van der Waals surface area contributed by atoms with E-state index in [1.807, 2.05) is 12.1 Å². The van der Waals surface area contributed by atoms with E-state index >= 15 is 0 Å². The molecule has 7 nitrogen and oxygen atoms in total. The van der Waals surface area contributed by atoms with Crippen LogP contribution in [0, 0.1) is 0 Å². The van der Waals surface area contributed by atoms with Gasteiger partial charge in [0.25, 0.3) is 0 Å². The summed E-state index contributed by atoms with van der Waals surface area (Å²) in [6.07, 6.45) is 6.10. The molecule has 0 aromatic carbocycles. The van der Waals surface area contributed by atoms with Crippen molar-refractivity contribution in [3.05, 3.63) is 18.3 Å². The molecule has 2 saturated heterocycles. The smallest absolute Gasteiger partial charge is 0.234 e. The Bertz CT molecular complexity index is 532. The lowest BCUT2D eigenvalue weighted by atomic mass is 10.1. The maximum absolute atomic E-state index is 12.2. The Morgan fingerprint density at radius 2 is 2.12 bits per heavy atom. The van der Waals surface area contributed by atoms with Crippen molar-refractivity contribution in [3.63, 3.8) is 0 Å². The van der Waals surface area contributed by atoms with Crippen molar-refractivity contribution in [1.82, 2.24) is 25.7 Å². The van der Waals surface area contributed by atoms with E-state index in [9.17, 15) is 4.79 Å². The third kappa shape index (κ3) is 5.12. The van der Waals surface area contributed by atoms with Gasteiger partial charge in [0.15, 0.2) is 5.82 Å². The molecular formula is C18H30N6O. The first kappa shape index (κ1) is 18.1. The minimum Gasteiger partial charge on any atom is -0.352 e. The highest BCUT2D eigenvalue weighted by molar-refractivity contribution is 5.78. The van der Waals surface area contributed by atoms with Crippen molar-refractivity contribution < 1.29 is 4.79 Å². The molecule has 0 radical (unpaired) electrons. The molecule has 138 valence electrons. The minimum atomic E-state index is 0.110. The van der Waals surface area contributed by atoms with Crippen LogP contribution in [-0.2, 0) is 4.79 Å². The van der Waals surface area contributed by atoms with Crippen LogP contribution in [0.5, 0.6) is 0 Å². The van der Waals surface area contributed by atoms with Crippen LogP contribution >= 0.6 is 0 Å². The van der Waals surface area contributed by atoms with Gasteiger partial charge in [-0.15, -0.1) is 5.10 Å². The van der Waals surface area contributed by atoms with E-state index in [0.29, 0.717) is 18.6 Å². The molecule has 7 heteroatoms. The van der Waals surface area contributed by atoms with E-state index in [-0.39, 0.29) is 5.91 Å². The summed E-state index contributed by atoms with van der Waals surface area (Å²) in [6.45, 7) is 7.67. The lowest BCUT2D eigenvalue weighted by Crippen LogP contribution is -2.48. The fourth-order valence-corrected chi connectivity index (χ4v) is 3.82. The second kappa shape index (κ2) is 9.10. The van der Waals surface area contributed by atoms with Gasteiger partial charge in [-0.1, -0.05) is 6.92 Å². The first-order valence-corrected chi connectivity index (χ1v) is 9.53. The van der Waals surface area contributed by atoms with Crippen molar-refractivity contribution in [2.24, 2.45) is 0 Å². The summed E-state index contributed by atoms with van der Waals surface area (Å²) in [5.41, 5.74) is 0. The van der Waals surface area contributed by atoms with Gasteiger partial charge in [0.2, 0.25) is 5.91 Å². The van der Waals surface area contributed by atoms with Crippen LogP contribution in [0.4, 0.5) is 5.82 Å². The van der Waals surface area contributed by atoms with Crippen LogP contribution in [0.25, 0.3) is 0 Å². The van der Waals surface area contributed by atoms with Gasteiger partial charge in [-0.25, -0.2) is 0 Å². The Hall–Kier alpha value is -1.73. The predicted octanol–water partition coefficient (Wildman–Crippen LogP) is 0.636. The second-order valence-corrected chi connectivity index (χ2v) is 6.98. The van der Waals surface area contributed by atoms with Gasteiger partial charge in [-0.05, 0) is 44.4 Å². The Morgan fingerprint density at radius 1 is 1.28 bits per heavy atom. The second-order valence-electron chi connectivity index (χ2n) is 6.98. The summed E-state index contributed by atoms with van der Waals surface area (Å²) in [5, 5.41) is 14.7. The normalized spacial score (nSPS) is 22.3. The van der Waals surface area contributed by atoms with Gasteiger partial charge in [0.1, 0.15) is 0 Å². The molecule has 2 fully saturated rings. The maximum atomic E-state index is 12.2. The molecule has 0 aliphatic carbocycles. The number of nitrogens with zero attached hydrogens (tertiary/aromatic N) is 4.